The Kier molecular flexibility index (Phi) is 5.29. The zero-order valence-corrected chi connectivity index (χ0v) is 19.2. The average Bonchev–Trinajstić information content (AvgIpc) is 3.28. The summed E-state index contributed by atoms with van der Waals surface area (Å²) in [5.74, 6) is 0.360. The Morgan fingerprint density at radius 2 is 1.82 bits per heavy atom. The molecule has 0 aliphatic heterocycles. The molecule has 4 aromatic rings. The van der Waals surface area contributed by atoms with E-state index < -0.39 is 5.97 Å². The van der Waals surface area contributed by atoms with E-state index >= 15 is 0 Å². The number of aromatic nitrogens is 5. The van der Waals surface area contributed by atoms with Crippen LogP contribution in [0.3, 0.4) is 0 Å². The van der Waals surface area contributed by atoms with Crippen LogP contribution in [0.4, 0.5) is 0 Å². The van der Waals surface area contributed by atoms with Crippen molar-refractivity contribution in [1.29, 1.82) is 0 Å². The summed E-state index contributed by atoms with van der Waals surface area (Å²) >= 11 is 6.12. The number of carboxylic acid groups (broad SMARTS) is 1. The molecule has 34 heavy (non-hydrogen) atoms. The number of carbonyl (C=O) groups is 1. The van der Waals surface area contributed by atoms with E-state index in [1.165, 1.54) is 6.20 Å². The van der Waals surface area contributed by atoms with Gasteiger partial charge in [0.2, 0.25) is 0 Å². The van der Waals surface area contributed by atoms with Crippen molar-refractivity contribution in [1.82, 2.24) is 24.9 Å². The molecule has 0 saturated heterocycles. The molecule has 3 aliphatic carbocycles. The Morgan fingerprint density at radius 3 is 2.59 bits per heavy atom. The molecule has 7 rings (SSSR count). The van der Waals surface area contributed by atoms with Crippen LogP contribution in [0.25, 0.3) is 33.8 Å². The summed E-state index contributed by atoms with van der Waals surface area (Å²) in [7, 11) is 0. The second-order valence-electron chi connectivity index (χ2n) is 9.43. The maximum absolute atomic E-state index is 12.2. The highest BCUT2D eigenvalue weighted by atomic mass is 35.5. The third-order valence-corrected chi connectivity index (χ3v) is 7.74. The van der Waals surface area contributed by atoms with Gasteiger partial charge < -0.3 is 10.1 Å². The SMILES string of the molecule is O=C(O)C1C2CCC(CC2)C1Cc1cc(-c2ccccc2)nc(-c2c[nH]c3ncc(Cl)nc23)n1. The maximum Gasteiger partial charge on any atom is 0.307 e. The van der Waals surface area contributed by atoms with Gasteiger partial charge in [-0.3, -0.25) is 4.79 Å². The van der Waals surface area contributed by atoms with Gasteiger partial charge in [-0.2, -0.15) is 0 Å². The lowest BCUT2D eigenvalue weighted by Gasteiger charge is -2.46. The van der Waals surface area contributed by atoms with Gasteiger partial charge >= 0.3 is 5.97 Å². The number of aliphatic carboxylic acids is 1. The zero-order chi connectivity index (χ0) is 23.2. The highest BCUT2D eigenvalue weighted by molar-refractivity contribution is 6.29. The van der Waals surface area contributed by atoms with Gasteiger partial charge in [-0.1, -0.05) is 41.9 Å². The minimum atomic E-state index is -0.668. The first kappa shape index (κ1) is 21.2. The van der Waals surface area contributed by atoms with Gasteiger partial charge in [-0.25, -0.2) is 19.9 Å². The van der Waals surface area contributed by atoms with Crippen molar-refractivity contribution in [2.45, 2.75) is 32.1 Å². The van der Waals surface area contributed by atoms with Crippen LogP contribution in [0.5, 0.6) is 0 Å². The number of hydrogen-bond donors (Lipinski definition) is 2. The van der Waals surface area contributed by atoms with E-state index in [2.05, 4.69) is 15.0 Å². The smallest absolute Gasteiger partial charge is 0.307 e. The van der Waals surface area contributed by atoms with Gasteiger partial charge in [0, 0.05) is 17.5 Å². The molecule has 2 N–H and O–H groups in total. The topological polar surface area (TPSA) is 105 Å². The molecule has 0 spiro atoms. The second kappa shape index (κ2) is 8.47. The number of carboxylic acids is 1. The highest BCUT2D eigenvalue weighted by Crippen LogP contribution is 2.50. The number of halogens is 1. The van der Waals surface area contributed by atoms with E-state index in [0.29, 0.717) is 34.5 Å². The Morgan fingerprint density at radius 1 is 1.06 bits per heavy atom. The van der Waals surface area contributed by atoms with Gasteiger partial charge in [0.25, 0.3) is 0 Å². The number of nitrogens with one attached hydrogen (secondary N) is 1. The third kappa shape index (κ3) is 3.74. The molecule has 0 amide bonds. The molecule has 3 heterocycles. The highest BCUT2D eigenvalue weighted by Gasteiger charge is 2.47. The summed E-state index contributed by atoms with van der Waals surface area (Å²) in [6.07, 6.45) is 8.20. The lowest BCUT2D eigenvalue weighted by atomic mass is 9.57. The summed E-state index contributed by atoms with van der Waals surface area (Å²) < 4.78 is 0. The minimum Gasteiger partial charge on any atom is -0.481 e. The van der Waals surface area contributed by atoms with E-state index in [1.54, 1.807) is 6.20 Å². The van der Waals surface area contributed by atoms with E-state index in [1.807, 2.05) is 36.4 Å². The van der Waals surface area contributed by atoms with Crippen LogP contribution in [-0.4, -0.2) is 36.0 Å². The Labute approximate surface area is 201 Å². The Hall–Kier alpha value is -3.32. The summed E-state index contributed by atoms with van der Waals surface area (Å²) in [5, 5.41) is 10.3. The van der Waals surface area contributed by atoms with E-state index in [0.717, 1.165) is 48.2 Å². The van der Waals surface area contributed by atoms with Crippen LogP contribution in [0.15, 0.2) is 48.8 Å². The first-order valence-corrected chi connectivity index (χ1v) is 12.1. The van der Waals surface area contributed by atoms with Gasteiger partial charge in [0.05, 0.1) is 23.4 Å². The number of hydrogen-bond acceptors (Lipinski definition) is 5. The molecule has 1 aromatic carbocycles. The molecule has 8 heteroatoms. The van der Waals surface area contributed by atoms with Crippen LogP contribution in [0.2, 0.25) is 5.15 Å². The van der Waals surface area contributed by atoms with Gasteiger partial charge in [-0.05, 0) is 55.9 Å². The van der Waals surface area contributed by atoms with E-state index in [4.69, 9.17) is 21.6 Å². The summed E-state index contributed by atoms with van der Waals surface area (Å²) in [4.78, 5) is 33.9. The lowest BCUT2D eigenvalue weighted by Crippen LogP contribution is -2.45. The second-order valence-corrected chi connectivity index (χ2v) is 9.82. The van der Waals surface area contributed by atoms with Crippen molar-refractivity contribution >= 4 is 28.7 Å². The molecule has 2 unspecified atom stereocenters. The molecule has 3 aromatic heterocycles. The molecule has 2 atom stereocenters. The molecule has 172 valence electrons. The molecule has 7 nitrogen and oxygen atoms in total. The molecule has 0 radical (unpaired) electrons. The molecular formula is C26H24ClN5O2. The first-order chi connectivity index (χ1) is 16.6. The molecule has 3 saturated carbocycles. The summed E-state index contributed by atoms with van der Waals surface area (Å²) in [6, 6.07) is 12.0. The zero-order valence-electron chi connectivity index (χ0n) is 18.5. The normalized spacial score (nSPS) is 23.9. The van der Waals surface area contributed by atoms with Crippen molar-refractivity contribution in [2.75, 3.05) is 0 Å². The predicted molar refractivity (Wildman–Crippen MR) is 129 cm³/mol. The number of benzene rings is 1. The molecule has 3 fully saturated rings. The fourth-order valence-electron chi connectivity index (χ4n) is 6.01. The third-order valence-electron chi connectivity index (χ3n) is 7.56. The van der Waals surface area contributed by atoms with Crippen LogP contribution < -0.4 is 0 Å². The van der Waals surface area contributed by atoms with Crippen molar-refractivity contribution < 1.29 is 9.90 Å². The average molecular weight is 474 g/mol. The van der Waals surface area contributed by atoms with E-state index in [-0.39, 0.29) is 17.8 Å². The summed E-state index contributed by atoms with van der Waals surface area (Å²) in [6.45, 7) is 0. The quantitative estimate of drug-likeness (QED) is 0.401. The number of fused-ring (bicyclic) bond motifs is 4. The Bertz CT molecular complexity index is 1360. The fourth-order valence-corrected chi connectivity index (χ4v) is 6.15. The van der Waals surface area contributed by atoms with Crippen molar-refractivity contribution in [2.24, 2.45) is 23.7 Å². The van der Waals surface area contributed by atoms with Crippen LogP contribution in [0, 0.1) is 23.7 Å². The molecular weight excluding hydrogens is 450 g/mol. The Balaban J connectivity index is 1.46. The van der Waals surface area contributed by atoms with Crippen molar-refractivity contribution in [3.8, 4) is 22.6 Å². The van der Waals surface area contributed by atoms with Crippen LogP contribution >= 0.6 is 11.6 Å². The largest absolute Gasteiger partial charge is 0.481 e. The van der Waals surface area contributed by atoms with Crippen molar-refractivity contribution in [3.05, 3.63) is 59.6 Å². The van der Waals surface area contributed by atoms with Crippen molar-refractivity contribution in [3.63, 3.8) is 0 Å². The fraction of sp³-hybridized carbons (Fsp3) is 0.346. The van der Waals surface area contributed by atoms with Crippen LogP contribution in [-0.2, 0) is 11.2 Å². The monoisotopic (exact) mass is 473 g/mol. The predicted octanol–water partition coefficient (Wildman–Crippen LogP) is 5.41. The first-order valence-electron chi connectivity index (χ1n) is 11.7. The lowest BCUT2D eigenvalue weighted by molar-refractivity contribution is -0.152. The minimum absolute atomic E-state index is 0.0913. The maximum atomic E-state index is 12.2. The molecule has 2 bridgehead atoms. The summed E-state index contributed by atoms with van der Waals surface area (Å²) in [5.41, 5.74) is 4.60. The molecule has 3 aliphatic rings. The van der Waals surface area contributed by atoms with Crippen LogP contribution in [0.1, 0.15) is 31.4 Å². The van der Waals surface area contributed by atoms with Gasteiger partial charge in [-0.15, -0.1) is 0 Å². The van der Waals surface area contributed by atoms with E-state index in [9.17, 15) is 9.90 Å². The number of H-pyrrole nitrogens is 1. The standard InChI is InChI=1S/C26H24ClN5O2/c27-21-13-29-25-23(32-21)19(12-28-25)24-30-17(11-20(31-24)15-4-2-1-3-5-15)10-18-14-6-8-16(9-7-14)22(18)26(33)34/h1-5,11-14,16,18,22H,6-10H2,(H,28,29)(H,33,34). The number of rotatable bonds is 5. The number of aromatic amines is 1. The van der Waals surface area contributed by atoms with Gasteiger partial charge in [0.1, 0.15) is 10.7 Å². The number of nitrogens with zero attached hydrogens (tertiary/aromatic N) is 4. The van der Waals surface area contributed by atoms with Gasteiger partial charge in [0.15, 0.2) is 11.5 Å².